The molecule has 0 aliphatic carbocycles. The van der Waals surface area contributed by atoms with Crippen LogP contribution in [0.1, 0.15) is 59.9 Å². The monoisotopic (exact) mass is 540 g/mol. The van der Waals surface area contributed by atoms with Crippen LogP contribution in [0.5, 0.6) is 0 Å². The molecule has 38 heavy (non-hydrogen) atoms. The van der Waals surface area contributed by atoms with E-state index in [4.69, 9.17) is 21.1 Å². The first-order chi connectivity index (χ1) is 18.2. The van der Waals surface area contributed by atoms with Crippen molar-refractivity contribution < 1.29 is 29.0 Å². The highest BCUT2D eigenvalue weighted by atomic mass is 35.5. The lowest BCUT2D eigenvalue weighted by molar-refractivity contribution is -0.173. The Bertz CT molecular complexity index is 1270. The minimum absolute atomic E-state index is 0.0229. The van der Waals surface area contributed by atoms with Crippen LogP contribution in [0.3, 0.4) is 0 Å². The van der Waals surface area contributed by atoms with Crippen molar-refractivity contribution in [1.29, 1.82) is 0 Å². The van der Waals surface area contributed by atoms with Crippen molar-refractivity contribution in [3.05, 3.63) is 69.9 Å². The Hall–Kier alpha value is -3.20. The summed E-state index contributed by atoms with van der Waals surface area (Å²) >= 11 is 6.02. The molecule has 2 aromatic rings. The number of halogens is 1. The van der Waals surface area contributed by atoms with Crippen molar-refractivity contribution in [1.82, 2.24) is 0 Å². The molecular weight excluding hydrogens is 508 g/mol. The number of aliphatic hydroxyl groups is 1. The lowest BCUT2D eigenvalue weighted by Gasteiger charge is -2.38. The molecule has 2 aromatic carbocycles. The molecular formula is C29H33ClN2O6. The maximum Gasteiger partial charge on any atom is 0.290 e. The number of fused-ring (bicyclic) bond motifs is 1. The molecule has 2 aliphatic heterocycles. The number of rotatable bonds is 9. The SMILES string of the molecule is CCO[C@H]1OC(C(=O)Nc2ccc(N3C(=O)c4ccc(Cl)cc4C3=O)c(C)c2)=C[C@@H](C(C)C)[C@@H]1CCCO. The van der Waals surface area contributed by atoms with E-state index in [0.29, 0.717) is 40.6 Å². The van der Waals surface area contributed by atoms with Crippen LogP contribution in [-0.2, 0) is 14.3 Å². The molecule has 0 saturated heterocycles. The Morgan fingerprint density at radius 2 is 1.89 bits per heavy atom. The second-order valence-corrected chi connectivity index (χ2v) is 10.4. The fraction of sp³-hybridized carbons (Fsp3) is 0.414. The molecule has 3 atom stereocenters. The van der Waals surface area contributed by atoms with Crippen molar-refractivity contribution in [2.75, 3.05) is 23.4 Å². The normalized spacial score (nSPS) is 20.9. The van der Waals surface area contributed by atoms with Gasteiger partial charge < -0.3 is 19.9 Å². The largest absolute Gasteiger partial charge is 0.459 e. The molecule has 0 saturated carbocycles. The van der Waals surface area contributed by atoms with Gasteiger partial charge in [0.1, 0.15) is 0 Å². The topological polar surface area (TPSA) is 105 Å². The molecule has 202 valence electrons. The van der Waals surface area contributed by atoms with Gasteiger partial charge >= 0.3 is 0 Å². The molecule has 0 radical (unpaired) electrons. The lowest BCUT2D eigenvalue weighted by Crippen LogP contribution is -2.40. The van der Waals surface area contributed by atoms with Crippen LogP contribution in [0.2, 0.25) is 5.02 Å². The van der Waals surface area contributed by atoms with Gasteiger partial charge in [0.15, 0.2) is 5.76 Å². The Morgan fingerprint density at radius 3 is 2.55 bits per heavy atom. The van der Waals surface area contributed by atoms with Gasteiger partial charge in [0.2, 0.25) is 6.29 Å². The van der Waals surface area contributed by atoms with E-state index in [1.165, 1.54) is 6.07 Å². The summed E-state index contributed by atoms with van der Waals surface area (Å²) in [5.74, 6) is -0.784. The van der Waals surface area contributed by atoms with E-state index in [2.05, 4.69) is 19.2 Å². The Labute approximate surface area is 227 Å². The molecule has 2 N–H and O–H groups in total. The van der Waals surface area contributed by atoms with Crippen molar-refractivity contribution in [2.24, 2.45) is 17.8 Å². The molecule has 0 aromatic heterocycles. The number of nitrogens with zero attached hydrogens (tertiary/aromatic N) is 1. The van der Waals surface area contributed by atoms with Crippen molar-refractivity contribution >= 4 is 40.7 Å². The Balaban J connectivity index is 1.54. The zero-order valence-corrected chi connectivity index (χ0v) is 22.7. The first kappa shape index (κ1) is 27.8. The van der Waals surface area contributed by atoms with Crippen LogP contribution in [-0.4, -0.2) is 42.3 Å². The van der Waals surface area contributed by atoms with Crippen LogP contribution < -0.4 is 10.2 Å². The minimum Gasteiger partial charge on any atom is -0.459 e. The van der Waals surface area contributed by atoms with Gasteiger partial charge in [0, 0.05) is 29.8 Å². The number of carbonyl (C=O) groups is 3. The number of carbonyl (C=O) groups excluding carboxylic acids is 3. The quantitative estimate of drug-likeness (QED) is 0.417. The Morgan fingerprint density at radius 1 is 1.16 bits per heavy atom. The second-order valence-electron chi connectivity index (χ2n) is 9.91. The van der Waals surface area contributed by atoms with Gasteiger partial charge in [-0.25, -0.2) is 4.90 Å². The summed E-state index contributed by atoms with van der Waals surface area (Å²) < 4.78 is 11.8. The number of hydrogen-bond donors (Lipinski definition) is 2. The predicted octanol–water partition coefficient (Wildman–Crippen LogP) is 5.33. The van der Waals surface area contributed by atoms with E-state index in [9.17, 15) is 19.5 Å². The number of allylic oxidation sites excluding steroid dienone is 1. The minimum atomic E-state index is -0.587. The summed E-state index contributed by atoms with van der Waals surface area (Å²) in [5.41, 5.74) is 2.14. The summed E-state index contributed by atoms with van der Waals surface area (Å²) in [6.45, 7) is 8.34. The summed E-state index contributed by atoms with van der Waals surface area (Å²) in [6, 6.07) is 9.61. The zero-order chi connectivity index (χ0) is 27.6. The van der Waals surface area contributed by atoms with Gasteiger partial charge in [-0.15, -0.1) is 0 Å². The van der Waals surface area contributed by atoms with E-state index in [0.717, 1.165) is 11.3 Å². The van der Waals surface area contributed by atoms with Crippen LogP contribution in [0.25, 0.3) is 0 Å². The third-order valence-corrected chi connectivity index (χ3v) is 7.23. The highest BCUT2D eigenvalue weighted by Gasteiger charge is 2.39. The first-order valence-corrected chi connectivity index (χ1v) is 13.2. The maximum absolute atomic E-state index is 13.2. The molecule has 4 rings (SSSR count). The molecule has 0 fully saturated rings. The number of nitrogens with one attached hydrogen (secondary N) is 1. The molecule has 9 heteroatoms. The van der Waals surface area contributed by atoms with E-state index < -0.39 is 24.0 Å². The van der Waals surface area contributed by atoms with Gasteiger partial charge in [-0.05, 0) is 86.6 Å². The lowest BCUT2D eigenvalue weighted by atomic mass is 9.78. The van der Waals surface area contributed by atoms with Gasteiger partial charge in [-0.2, -0.15) is 0 Å². The fourth-order valence-corrected chi connectivity index (χ4v) is 5.31. The van der Waals surface area contributed by atoms with Crippen LogP contribution in [0, 0.1) is 24.7 Å². The number of anilines is 2. The molecule has 8 nitrogen and oxygen atoms in total. The summed E-state index contributed by atoms with van der Waals surface area (Å²) in [7, 11) is 0. The van der Waals surface area contributed by atoms with E-state index in [1.807, 2.05) is 13.0 Å². The van der Waals surface area contributed by atoms with Crippen LogP contribution in [0.4, 0.5) is 11.4 Å². The number of ether oxygens (including phenoxy) is 2. The highest BCUT2D eigenvalue weighted by Crippen LogP contribution is 2.38. The summed E-state index contributed by atoms with van der Waals surface area (Å²) in [4.78, 5) is 40.3. The smallest absolute Gasteiger partial charge is 0.290 e. The second kappa shape index (κ2) is 11.7. The number of aliphatic hydroxyl groups excluding tert-OH is 1. The zero-order valence-electron chi connectivity index (χ0n) is 22.0. The average molecular weight is 541 g/mol. The number of aryl methyl sites for hydroxylation is 1. The highest BCUT2D eigenvalue weighted by molar-refractivity contribution is 6.37. The molecule has 2 aliphatic rings. The van der Waals surface area contributed by atoms with E-state index in [1.54, 1.807) is 37.3 Å². The van der Waals surface area contributed by atoms with Gasteiger partial charge in [0.25, 0.3) is 17.7 Å². The molecule has 0 unspecified atom stereocenters. The van der Waals surface area contributed by atoms with Gasteiger partial charge in [0.05, 0.1) is 16.8 Å². The Kier molecular flexibility index (Phi) is 8.55. The summed E-state index contributed by atoms with van der Waals surface area (Å²) in [5, 5.41) is 12.6. The van der Waals surface area contributed by atoms with Gasteiger partial charge in [-0.1, -0.05) is 25.4 Å². The molecule has 0 spiro atoms. The number of hydrogen-bond acceptors (Lipinski definition) is 6. The number of benzene rings is 2. The maximum atomic E-state index is 13.2. The first-order valence-electron chi connectivity index (χ1n) is 12.9. The van der Waals surface area contributed by atoms with E-state index in [-0.39, 0.29) is 35.7 Å². The van der Waals surface area contributed by atoms with Gasteiger partial charge in [-0.3, -0.25) is 14.4 Å². The third kappa shape index (κ3) is 5.48. The van der Waals surface area contributed by atoms with Crippen LogP contribution in [0.15, 0.2) is 48.2 Å². The fourth-order valence-electron chi connectivity index (χ4n) is 5.13. The van der Waals surface area contributed by atoms with Crippen LogP contribution >= 0.6 is 11.6 Å². The molecule has 0 bridgehead atoms. The van der Waals surface area contributed by atoms with E-state index >= 15 is 0 Å². The average Bonchev–Trinajstić information content (AvgIpc) is 3.12. The predicted molar refractivity (Wildman–Crippen MR) is 145 cm³/mol. The summed E-state index contributed by atoms with van der Waals surface area (Å²) in [6.07, 6.45) is 2.61. The van der Waals surface area contributed by atoms with Crippen molar-refractivity contribution in [3.63, 3.8) is 0 Å². The van der Waals surface area contributed by atoms with Crippen molar-refractivity contribution in [2.45, 2.75) is 46.8 Å². The van der Waals surface area contributed by atoms with Crippen molar-refractivity contribution in [3.8, 4) is 0 Å². The number of amides is 3. The third-order valence-electron chi connectivity index (χ3n) is 7.00. The molecule has 3 amide bonds. The number of imide groups is 1. The standard InChI is InChI=1S/C29H33ClN2O6/c1-5-37-29-21(7-6-12-33)22(16(2)3)15-25(38-29)26(34)31-19-9-11-24(17(4)13-19)32-27(35)20-10-8-18(30)14-23(20)28(32)36/h8-11,13-16,21-22,29,33H,5-7,12H2,1-4H3,(H,31,34)/t21-,22-,29-/m0/s1. The molecule has 2 heterocycles.